The molecule has 0 spiro atoms. The Hall–Kier alpha value is -3.47. The van der Waals surface area contributed by atoms with E-state index in [1.165, 1.54) is 0 Å². The molecule has 3 rings (SSSR count). The van der Waals surface area contributed by atoms with Crippen LogP contribution in [0.3, 0.4) is 0 Å². The van der Waals surface area contributed by atoms with Crippen molar-refractivity contribution in [1.29, 1.82) is 0 Å². The topological polar surface area (TPSA) is 56.8 Å². The third-order valence-electron chi connectivity index (χ3n) is 4.30. The molecule has 0 fully saturated rings. The Morgan fingerprint density at radius 1 is 0.857 bits per heavy atom. The van der Waals surface area contributed by atoms with Gasteiger partial charge in [-0.3, -0.25) is 4.79 Å². The summed E-state index contributed by atoms with van der Waals surface area (Å²) in [4.78, 5) is 12.4. The Kier molecular flexibility index (Phi) is 6.52. The minimum Gasteiger partial charge on any atom is -0.497 e. The lowest BCUT2D eigenvalue weighted by Gasteiger charge is -2.12. The lowest BCUT2D eigenvalue weighted by atomic mass is 10.1. The van der Waals surface area contributed by atoms with Crippen LogP contribution in [0.25, 0.3) is 0 Å². The van der Waals surface area contributed by atoms with Crippen LogP contribution in [0.5, 0.6) is 17.2 Å². The van der Waals surface area contributed by atoms with Gasteiger partial charge in [-0.05, 0) is 42.0 Å². The number of benzene rings is 3. The summed E-state index contributed by atoms with van der Waals surface area (Å²) in [6, 6.07) is 22.5. The van der Waals surface area contributed by atoms with Gasteiger partial charge in [0.1, 0.15) is 23.9 Å². The normalized spacial score (nSPS) is 10.2. The lowest BCUT2D eigenvalue weighted by Crippen LogP contribution is -2.23. The second kappa shape index (κ2) is 9.46. The van der Waals surface area contributed by atoms with E-state index in [0.717, 1.165) is 16.9 Å². The zero-order valence-corrected chi connectivity index (χ0v) is 16.0. The van der Waals surface area contributed by atoms with Crippen molar-refractivity contribution in [3.63, 3.8) is 0 Å². The summed E-state index contributed by atoms with van der Waals surface area (Å²) in [6.45, 7) is 0.849. The molecule has 144 valence electrons. The van der Waals surface area contributed by atoms with Crippen LogP contribution in [0.15, 0.2) is 72.8 Å². The Bertz CT molecular complexity index is 908. The first-order valence-corrected chi connectivity index (χ1v) is 8.95. The molecule has 5 heteroatoms. The summed E-state index contributed by atoms with van der Waals surface area (Å²) < 4.78 is 16.3. The molecule has 0 bridgehead atoms. The molecule has 0 unspecified atom stereocenters. The highest BCUT2D eigenvalue weighted by molar-refractivity contribution is 5.94. The summed E-state index contributed by atoms with van der Waals surface area (Å²) in [6.07, 6.45) is 0. The molecule has 5 nitrogen and oxygen atoms in total. The van der Waals surface area contributed by atoms with Gasteiger partial charge in [-0.15, -0.1) is 0 Å². The van der Waals surface area contributed by atoms with E-state index in [4.69, 9.17) is 14.2 Å². The number of carbonyl (C=O) groups excluding carboxylic acids is 1. The van der Waals surface area contributed by atoms with E-state index in [9.17, 15) is 4.79 Å². The van der Waals surface area contributed by atoms with Gasteiger partial charge in [-0.2, -0.15) is 0 Å². The van der Waals surface area contributed by atoms with Crippen molar-refractivity contribution in [1.82, 2.24) is 5.32 Å². The molecule has 1 amide bonds. The van der Waals surface area contributed by atoms with Gasteiger partial charge in [0.05, 0.1) is 14.2 Å². The first-order valence-electron chi connectivity index (χ1n) is 8.95. The number of methoxy groups -OCH3 is 2. The van der Waals surface area contributed by atoms with Crippen LogP contribution in [0.4, 0.5) is 0 Å². The molecule has 0 saturated heterocycles. The third-order valence-corrected chi connectivity index (χ3v) is 4.30. The number of hydrogen-bond donors (Lipinski definition) is 1. The standard InChI is InChI=1S/C23H23NO4/c1-26-21-13-10-19(22(14-21)27-2)15-24-23(25)18-8-11-20(12-9-18)28-16-17-6-4-3-5-7-17/h3-14H,15-16H2,1-2H3,(H,24,25). The van der Waals surface area contributed by atoms with Gasteiger partial charge < -0.3 is 19.5 Å². The Morgan fingerprint density at radius 2 is 1.57 bits per heavy atom. The highest BCUT2D eigenvalue weighted by Crippen LogP contribution is 2.24. The summed E-state index contributed by atoms with van der Waals surface area (Å²) in [5.41, 5.74) is 2.54. The van der Waals surface area contributed by atoms with Crippen LogP contribution in [0.1, 0.15) is 21.5 Å². The van der Waals surface area contributed by atoms with Crippen molar-refractivity contribution in [3.8, 4) is 17.2 Å². The average Bonchev–Trinajstić information content (AvgIpc) is 2.77. The molecule has 3 aromatic rings. The molecular formula is C23H23NO4. The van der Waals surface area contributed by atoms with Crippen molar-refractivity contribution in [2.75, 3.05) is 14.2 Å². The van der Waals surface area contributed by atoms with Gasteiger partial charge in [0.15, 0.2) is 0 Å². The van der Waals surface area contributed by atoms with Crippen molar-refractivity contribution in [2.45, 2.75) is 13.2 Å². The predicted molar refractivity (Wildman–Crippen MR) is 108 cm³/mol. The number of amides is 1. The van der Waals surface area contributed by atoms with Crippen LogP contribution in [-0.2, 0) is 13.2 Å². The summed E-state index contributed by atoms with van der Waals surface area (Å²) in [5.74, 6) is 1.94. The second-order valence-corrected chi connectivity index (χ2v) is 6.16. The SMILES string of the molecule is COc1ccc(CNC(=O)c2ccc(OCc3ccccc3)cc2)c(OC)c1. The molecule has 0 atom stereocenters. The maximum absolute atomic E-state index is 12.4. The Morgan fingerprint density at radius 3 is 2.25 bits per heavy atom. The van der Waals surface area contributed by atoms with Gasteiger partial charge in [-0.25, -0.2) is 0 Å². The molecule has 0 heterocycles. The van der Waals surface area contributed by atoms with Crippen LogP contribution >= 0.6 is 0 Å². The molecule has 0 aliphatic heterocycles. The highest BCUT2D eigenvalue weighted by atomic mass is 16.5. The number of hydrogen-bond acceptors (Lipinski definition) is 4. The highest BCUT2D eigenvalue weighted by Gasteiger charge is 2.09. The van der Waals surface area contributed by atoms with E-state index in [-0.39, 0.29) is 5.91 Å². The van der Waals surface area contributed by atoms with Crippen molar-refractivity contribution in [2.24, 2.45) is 0 Å². The Labute approximate surface area is 164 Å². The number of ether oxygens (including phenoxy) is 3. The molecule has 1 N–H and O–H groups in total. The summed E-state index contributed by atoms with van der Waals surface area (Å²) >= 11 is 0. The molecular weight excluding hydrogens is 354 g/mol. The smallest absolute Gasteiger partial charge is 0.251 e. The molecule has 0 radical (unpaired) electrons. The van der Waals surface area contributed by atoms with Gasteiger partial charge >= 0.3 is 0 Å². The molecule has 28 heavy (non-hydrogen) atoms. The minimum atomic E-state index is -0.160. The minimum absolute atomic E-state index is 0.160. The van der Waals surface area contributed by atoms with Crippen molar-refractivity contribution in [3.05, 3.63) is 89.5 Å². The van der Waals surface area contributed by atoms with E-state index < -0.39 is 0 Å². The lowest BCUT2D eigenvalue weighted by molar-refractivity contribution is 0.0950. The predicted octanol–water partition coefficient (Wildman–Crippen LogP) is 4.21. The molecule has 3 aromatic carbocycles. The maximum Gasteiger partial charge on any atom is 0.251 e. The van der Waals surface area contributed by atoms with Crippen LogP contribution in [-0.4, -0.2) is 20.1 Å². The fourth-order valence-corrected chi connectivity index (χ4v) is 2.72. The Balaban J connectivity index is 1.56. The van der Waals surface area contributed by atoms with E-state index in [1.54, 1.807) is 44.6 Å². The largest absolute Gasteiger partial charge is 0.497 e. The van der Waals surface area contributed by atoms with Gasteiger partial charge in [-0.1, -0.05) is 30.3 Å². The first kappa shape index (κ1) is 19.3. The van der Waals surface area contributed by atoms with Crippen molar-refractivity contribution >= 4 is 5.91 Å². The van der Waals surface area contributed by atoms with Crippen LogP contribution < -0.4 is 19.5 Å². The molecule has 0 aliphatic rings. The van der Waals surface area contributed by atoms with Gasteiger partial charge in [0.25, 0.3) is 5.91 Å². The fourth-order valence-electron chi connectivity index (χ4n) is 2.72. The number of rotatable bonds is 8. The maximum atomic E-state index is 12.4. The van der Waals surface area contributed by atoms with E-state index in [0.29, 0.717) is 30.2 Å². The first-order chi connectivity index (χ1) is 13.7. The van der Waals surface area contributed by atoms with Crippen LogP contribution in [0.2, 0.25) is 0 Å². The zero-order chi connectivity index (χ0) is 19.8. The third kappa shape index (κ3) is 5.04. The van der Waals surface area contributed by atoms with Gasteiger partial charge in [0, 0.05) is 23.7 Å². The van der Waals surface area contributed by atoms with E-state index >= 15 is 0 Å². The average molecular weight is 377 g/mol. The quantitative estimate of drug-likeness (QED) is 0.639. The van der Waals surface area contributed by atoms with Crippen LogP contribution in [0, 0.1) is 0 Å². The van der Waals surface area contributed by atoms with Crippen molar-refractivity contribution < 1.29 is 19.0 Å². The second-order valence-electron chi connectivity index (χ2n) is 6.16. The summed E-state index contributed by atoms with van der Waals surface area (Å²) in [5, 5.41) is 2.90. The summed E-state index contributed by atoms with van der Waals surface area (Å²) in [7, 11) is 3.19. The number of nitrogens with one attached hydrogen (secondary N) is 1. The fraction of sp³-hybridized carbons (Fsp3) is 0.174. The molecule has 0 aromatic heterocycles. The molecule has 0 saturated carbocycles. The zero-order valence-electron chi connectivity index (χ0n) is 16.0. The van der Waals surface area contributed by atoms with Gasteiger partial charge in [0.2, 0.25) is 0 Å². The monoisotopic (exact) mass is 377 g/mol. The number of carbonyl (C=O) groups is 1. The van der Waals surface area contributed by atoms with E-state index in [2.05, 4.69) is 5.32 Å². The molecule has 0 aliphatic carbocycles. The van der Waals surface area contributed by atoms with E-state index in [1.807, 2.05) is 42.5 Å².